The summed E-state index contributed by atoms with van der Waals surface area (Å²) in [6, 6.07) is -10.1. The Morgan fingerprint density at radius 3 is 1.29 bits per heavy atom. The van der Waals surface area contributed by atoms with Crippen molar-refractivity contribution < 1.29 is 20.6 Å². The number of hydrogen-bond donors (Lipinski definition) is 0. The number of benzene rings is 4. The highest BCUT2D eigenvalue weighted by Gasteiger charge is 2.26. The maximum absolute atomic E-state index is 9.02. The molecular weight excluding hydrogens is 336 g/mol. The Labute approximate surface area is 188 Å². The van der Waals surface area contributed by atoms with E-state index in [-0.39, 0.29) is 33.4 Å². The van der Waals surface area contributed by atoms with Crippen LogP contribution in [0.4, 0.5) is 0 Å². The number of fused-ring (bicyclic) bond motifs is 8. The Kier molecular flexibility index (Phi) is 1.63. The average Bonchev–Trinajstić information content (AvgIpc) is 2.93. The average molecular weight is 376 g/mol. The third-order valence-corrected chi connectivity index (χ3v) is 4.69. The first-order valence-corrected chi connectivity index (χ1v) is 8.75. The van der Waals surface area contributed by atoms with Crippen LogP contribution in [0.2, 0.25) is 0 Å². The lowest BCUT2D eigenvalue weighted by Crippen LogP contribution is -2.14. The smallest absolute Gasteiger partial charge is 0.0616 e. The molecule has 0 saturated carbocycles. The second kappa shape index (κ2) is 6.21. The topological polar surface area (TPSA) is 0 Å². The molecule has 0 bridgehead atoms. The van der Waals surface area contributed by atoms with Crippen molar-refractivity contribution in [1.29, 1.82) is 0 Å². The van der Waals surface area contributed by atoms with Crippen LogP contribution >= 0.6 is 0 Å². The normalized spacial score (nSPS) is 19.6. The maximum Gasteiger partial charge on any atom is 0.0629 e. The minimum Gasteiger partial charge on any atom is -0.0616 e. The molecule has 1 aliphatic rings. The van der Waals surface area contributed by atoms with E-state index in [1.165, 1.54) is 0 Å². The van der Waals surface area contributed by atoms with E-state index in [0.29, 0.717) is 0 Å². The molecule has 0 atom stereocenters. The Bertz CT molecular complexity index is 1940. The molecule has 0 saturated heterocycles. The van der Waals surface area contributed by atoms with Gasteiger partial charge in [-0.05, 0) is 55.5 Å². The van der Waals surface area contributed by atoms with Crippen molar-refractivity contribution in [2.75, 3.05) is 0 Å². The monoisotopic (exact) mass is 375 g/mol. The number of rotatable bonds is 0. The molecule has 0 aromatic heterocycles. The Morgan fingerprint density at radius 1 is 0.464 bits per heavy atom. The van der Waals surface area contributed by atoms with Crippen molar-refractivity contribution in [3.63, 3.8) is 0 Å². The summed E-state index contributed by atoms with van der Waals surface area (Å²) < 4.78 is 131. The lowest BCUT2D eigenvalue weighted by Gasteiger charge is -2.29. The molecule has 0 amide bonds. The van der Waals surface area contributed by atoms with Crippen molar-refractivity contribution in [1.82, 2.24) is 0 Å². The lowest BCUT2D eigenvalue weighted by molar-refractivity contribution is 0.592. The first-order valence-electron chi connectivity index (χ1n) is 16.2. The summed E-state index contributed by atoms with van der Waals surface area (Å²) in [7, 11) is 0. The van der Waals surface area contributed by atoms with Gasteiger partial charge in [-0.3, -0.25) is 0 Å². The molecule has 1 aliphatic carbocycles. The van der Waals surface area contributed by atoms with Crippen LogP contribution in [0.3, 0.4) is 0 Å². The van der Waals surface area contributed by atoms with E-state index in [1.54, 1.807) is 20.8 Å². The van der Waals surface area contributed by atoms with Crippen molar-refractivity contribution in [3.8, 4) is 44.5 Å². The molecule has 0 nitrogen and oxygen atoms in total. The van der Waals surface area contributed by atoms with E-state index in [1.807, 2.05) is 0 Å². The van der Waals surface area contributed by atoms with Gasteiger partial charge in [0.15, 0.2) is 0 Å². The van der Waals surface area contributed by atoms with Gasteiger partial charge in [-0.2, -0.15) is 0 Å². The van der Waals surface area contributed by atoms with Gasteiger partial charge in [0, 0.05) is 0 Å². The van der Waals surface area contributed by atoms with Crippen LogP contribution in [0.25, 0.3) is 44.5 Å². The summed E-state index contributed by atoms with van der Waals surface area (Å²) in [4.78, 5) is 0. The van der Waals surface area contributed by atoms with Gasteiger partial charge in [0.05, 0.1) is 20.6 Å². The number of hydrogen-bond acceptors (Lipinski definition) is 0. The standard InChI is InChI=1S/C28H24/c1-28(2,3)26-18-10-17-25-23-14-7-6-13-21(23)19-11-4-5-12-20(19)22-15-8-9-16-24(22)27(25)26/h4-18H,1-3H3/i4D,5D,6D,7D,8D,9D,10D,11D,12D,13D,14D,15D,16D,17D,18D. The van der Waals surface area contributed by atoms with E-state index in [0.717, 1.165) is 0 Å². The van der Waals surface area contributed by atoms with Gasteiger partial charge >= 0.3 is 0 Å². The van der Waals surface area contributed by atoms with E-state index in [4.69, 9.17) is 20.6 Å². The van der Waals surface area contributed by atoms with E-state index >= 15 is 0 Å². The van der Waals surface area contributed by atoms with Crippen molar-refractivity contribution in [2.24, 2.45) is 0 Å². The predicted octanol–water partition coefficient (Wildman–Crippen LogP) is 7.97. The molecule has 4 aromatic rings. The summed E-state index contributed by atoms with van der Waals surface area (Å²) in [5.74, 6) is 0. The summed E-state index contributed by atoms with van der Waals surface area (Å²) in [5.41, 5.74) is -3.64. The highest BCUT2D eigenvalue weighted by Crippen LogP contribution is 2.49. The molecule has 0 fully saturated rings. The highest BCUT2D eigenvalue weighted by molar-refractivity contribution is 6.03. The minimum absolute atomic E-state index is 0.0671. The molecule has 0 N–H and O–H groups in total. The van der Waals surface area contributed by atoms with Crippen molar-refractivity contribution >= 4 is 0 Å². The van der Waals surface area contributed by atoms with Crippen LogP contribution < -0.4 is 0 Å². The Morgan fingerprint density at radius 2 is 0.821 bits per heavy atom. The summed E-state index contributed by atoms with van der Waals surface area (Å²) in [5, 5.41) is 0. The van der Waals surface area contributed by atoms with Crippen LogP contribution in [-0.2, 0) is 5.41 Å². The summed E-state index contributed by atoms with van der Waals surface area (Å²) in [6.07, 6.45) is 0. The molecule has 0 heteroatoms. The van der Waals surface area contributed by atoms with E-state index in [9.17, 15) is 0 Å². The van der Waals surface area contributed by atoms with Gasteiger partial charge in [0.25, 0.3) is 0 Å². The minimum atomic E-state index is -1.01. The summed E-state index contributed by atoms with van der Waals surface area (Å²) >= 11 is 0. The largest absolute Gasteiger partial charge is 0.0629 e. The lowest BCUT2D eigenvalue weighted by atomic mass is 9.74. The Hall–Kier alpha value is -3.12. The third kappa shape index (κ3) is 2.52. The second-order valence-electron chi connectivity index (χ2n) is 7.50. The zero-order valence-corrected chi connectivity index (χ0v) is 15.5. The molecule has 0 radical (unpaired) electrons. The van der Waals surface area contributed by atoms with E-state index in [2.05, 4.69) is 0 Å². The third-order valence-electron chi connectivity index (χ3n) is 4.69. The van der Waals surface area contributed by atoms with Gasteiger partial charge in [-0.15, -0.1) is 0 Å². The predicted molar refractivity (Wildman–Crippen MR) is 120 cm³/mol. The fourth-order valence-corrected chi connectivity index (χ4v) is 3.47. The van der Waals surface area contributed by atoms with Crippen molar-refractivity contribution in [2.45, 2.75) is 26.2 Å². The van der Waals surface area contributed by atoms with Crippen LogP contribution in [0.5, 0.6) is 0 Å². The first-order chi connectivity index (χ1) is 19.8. The maximum atomic E-state index is 9.02. The summed E-state index contributed by atoms with van der Waals surface area (Å²) in [6.45, 7) is 5.07. The zero-order chi connectivity index (χ0) is 32.4. The van der Waals surface area contributed by atoms with Crippen LogP contribution in [0.15, 0.2) is 90.6 Å². The first kappa shape index (κ1) is 7.37. The Balaban J connectivity index is 2.36. The molecule has 0 heterocycles. The van der Waals surface area contributed by atoms with Gasteiger partial charge in [0.2, 0.25) is 0 Å². The van der Waals surface area contributed by atoms with Gasteiger partial charge in [-0.25, -0.2) is 0 Å². The van der Waals surface area contributed by atoms with Crippen LogP contribution in [0, 0.1) is 0 Å². The zero-order valence-electron chi connectivity index (χ0n) is 30.5. The molecule has 0 aliphatic heterocycles. The highest BCUT2D eigenvalue weighted by atomic mass is 14.3. The molecule has 0 unspecified atom stereocenters. The van der Waals surface area contributed by atoms with Gasteiger partial charge in [-0.1, -0.05) is 111 Å². The fraction of sp³-hybridized carbons (Fsp3) is 0.143. The molecule has 0 spiro atoms. The molecule has 5 rings (SSSR count). The molecule has 4 aromatic carbocycles. The van der Waals surface area contributed by atoms with Crippen molar-refractivity contribution in [3.05, 3.63) is 96.2 Å². The second-order valence-corrected chi connectivity index (χ2v) is 7.50. The molecule has 28 heavy (non-hydrogen) atoms. The quantitative estimate of drug-likeness (QED) is 0.257. The van der Waals surface area contributed by atoms with Crippen LogP contribution in [-0.4, -0.2) is 0 Å². The fourth-order valence-electron chi connectivity index (χ4n) is 3.47. The van der Waals surface area contributed by atoms with Crippen LogP contribution in [0.1, 0.15) is 46.9 Å². The molecule has 136 valence electrons. The van der Waals surface area contributed by atoms with Gasteiger partial charge < -0.3 is 0 Å². The molecular formula is C28H24. The van der Waals surface area contributed by atoms with E-state index < -0.39 is 113 Å². The SMILES string of the molecule is [2H]c1c([2H])c([2H])c2c(c1[2H])-c1c([2H])c([2H])c([2H])c([2H])c1-c1c([2H])c([2H])c([2H])c(C(C)(C)C)c1-c1c([2H])c([2H])c([2H])c([2H])c1-2. The van der Waals surface area contributed by atoms with Gasteiger partial charge in [0.1, 0.15) is 0 Å².